The molecule has 0 saturated carbocycles. The van der Waals surface area contributed by atoms with Crippen molar-refractivity contribution in [2.45, 2.75) is 19.8 Å². The van der Waals surface area contributed by atoms with Crippen molar-refractivity contribution in [2.24, 2.45) is 0 Å². The van der Waals surface area contributed by atoms with Crippen LogP contribution in [-0.4, -0.2) is 24.4 Å². The van der Waals surface area contributed by atoms with Gasteiger partial charge in [0.25, 0.3) is 5.91 Å². The fourth-order valence-corrected chi connectivity index (χ4v) is 2.29. The molecule has 2 N–H and O–H groups in total. The van der Waals surface area contributed by atoms with E-state index in [9.17, 15) is 18.8 Å². The van der Waals surface area contributed by atoms with Crippen molar-refractivity contribution in [3.8, 4) is 0 Å². The number of hydrogen-bond acceptors (Lipinski definition) is 4. The number of hydrogen-bond donors (Lipinski definition) is 2. The molecule has 0 spiro atoms. The smallest absolute Gasteiger partial charge is 0.306 e. The third-order valence-corrected chi connectivity index (χ3v) is 4.00. The minimum Gasteiger partial charge on any atom is -0.456 e. The van der Waals surface area contributed by atoms with Crippen LogP contribution in [0.15, 0.2) is 42.5 Å². The molecule has 27 heavy (non-hydrogen) atoms. The number of rotatable bonds is 7. The first-order valence-corrected chi connectivity index (χ1v) is 8.49. The number of halogens is 2. The van der Waals surface area contributed by atoms with Gasteiger partial charge in [-0.15, -0.1) is 0 Å². The molecular weight excluding hydrogens is 375 g/mol. The highest BCUT2D eigenvalue weighted by Crippen LogP contribution is 2.22. The van der Waals surface area contributed by atoms with Crippen LogP contribution < -0.4 is 10.6 Å². The number of carbonyl (C=O) groups excluding carboxylic acids is 3. The number of nitrogens with one attached hydrogen (secondary N) is 2. The van der Waals surface area contributed by atoms with Crippen LogP contribution in [0.5, 0.6) is 0 Å². The van der Waals surface area contributed by atoms with Gasteiger partial charge in [0.05, 0.1) is 6.42 Å². The molecule has 0 atom stereocenters. The van der Waals surface area contributed by atoms with Crippen LogP contribution in [0.2, 0.25) is 5.02 Å². The fourth-order valence-electron chi connectivity index (χ4n) is 2.12. The Morgan fingerprint density at radius 2 is 1.70 bits per heavy atom. The predicted octanol–water partition coefficient (Wildman–Crippen LogP) is 3.69. The van der Waals surface area contributed by atoms with Crippen molar-refractivity contribution < 1.29 is 23.5 Å². The van der Waals surface area contributed by atoms with Crippen LogP contribution in [0.1, 0.15) is 18.4 Å². The van der Waals surface area contributed by atoms with Gasteiger partial charge >= 0.3 is 5.97 Å². The van der Waals surface area contributed by atoms with Crippen LogP contribution in [0.3, 0.4) is 0 Å². The van der Waals surface area contributed by atoms with E-state index in [-0.39, 0.29) is 12.8 Å². The molecule has 0 aliphatic carbocycles. The van der Waals surface area contributed by atoms with E-state index in [0.29, 0.717) is 22.0 Å². The van der Waals surface area contributed by atoms with Crippen molar-refractivity contribution in [1.82, 2.24) is 0 Å². The van der Waals surface area contributed by atoms with Crippen LogP contribution >= 0.6 is 11.6 Å². The average Bonchev–Trinajstić information content (AvgIpc) is 2.64. The summed E-state index contributed by atoms with van der Waals surface area (Å²) in [5.41, 5.74) is 1.66. The van der Waals surface area contributed by atoms with Crippen LogP contribution in [0, 0.1) is 12.7 Å². The first kappa shape index (κ1) is 20.4. The topological polar surface area (TPSA) is 84.5 Å². The summed E-state index contributed by atoms with van der Waals surface area (Å²) in [6.07, 6.45) is -0.304. The first-order valence-electron chi connectivity index (χ1n) is 8.11. The Hall–Kier alpha value is -2.93. The van der Waals surface area contributed by atoms with E-state index >= 15 is 0 Å². The second kappa shape index (κ2) is 9.68. The maximum atomic E-state index is 12.8. The quantitative estimate of drug-likeness (QED) is 0.704. The van der Waals surface area contributed by atoms with Gasteiger partial charge in [0.2, 0.25) is 5.91 Å². The monoisotopic (exact) mass is 392 g/mol. The van der Waals surface area contributed by atoms with E-state index in [1.54, 1.807) is 25.1 Å². The molecule has 2 aromatic rings. The summed E-state index contributed by atoms with van der Waals surface area (Å²) in [5, 5.41) is 5.64. The summed E-state index contributed by atoms with van der Waals surface area (Å²) in [4.78, 5) is 35.3. The molecule has 0 bridgehead atoms. The lowest BCUT2D eigenvalue weighted by Crippen LogP contribution is -2.22. The number of esters is 1. The average molecular weight is 393 g/mol. The largest absolute Gasteiger partial charge is 0.456 e. The minimum absolute atomic E-state index is 0.120. The molecule has 142 valence electrons. The van der Waals surface area contributed by atoms with Gasteiger partial charge < -0.3 is 15.4 Å². The van der Waals surface area contributed by atoms with Crippen LogP contribution in [-0.2, 0) is 19.1 Å². The minimum atomic E-state index is -0.678. The lowest BCUT2D eigenvalue weighted by atomic mass is 10.2. The number of ether oxygens (including phenoxy) is 1. The molecule has 0 aliphatic heterocycles. The normalized spacial score (nSPS) is 10.2. The van der Waals surface area contributed by atoms with Gasteiger partial charge in [-0.2, -0.15) is 0 Å². The van der Waals surface area contributed by atoms with Crippen molar-refractivity contribution in [2.75, 3.05) is 17.2 Å². The molecule has 6 nitrogen and oxygen atoms in total. The number of amides is 2. The van der Waals surface area contributed by atoms with Gasteiger partial charge in [0, 0.05) is 22.8 Å². The third-order valence-electron chi connectivity index (χ3n) is 3.59. The van der Waals surface area contributed by atoms with E-state index in [1.807, 2.05) is 0 Å². The maximum Gasteiger partial charge on any atom is 0.306 e. The number of benzene rings is 2. The Labute approximate surface area is 160 Å². The third kappa shape index (κ3) is 6.71. The Balaban J connectivity index is 1.70. The molecule has 2 rings (SSSR count). The molecule has 2 aromatic carbocycles. The van der Waals surface area contributed by atoms with Gasteiger partial charge in [0.1, 0.15) is 5.82 Å². The Kier molecular flexibility index (Phi) is 7.31. The summed E-state index contributed by atoms with van der Waals surface area (Å²) >= 11 is 5.97. The van der Waals surface area contributed by atoms with Crippen molar-refractivity contribution in [1.29, 1.82) is 0 Å². The highest BCUT2D eigenvalue weighted by Gasteiger charge is 2.12. The van der Waals surface area contributed by atoms with Crippen molar-refractivity contribution in [3.05, 3.63) is 58.9 Å². The second-order valence-electron chi connectivity index (χ2n) is 5.68. The Morgan fingerprint density at radius 1 is 1.00 bits per heavy atom. The van der Waals surface area contributed by atoms with Crippen molar-refractivity contribution in [3.63, 3.8) is 0 Å². The molecule has 8 heteroatoms. The zero-order valence-electron chi connectivity index (χ0n) is 14.6. The van der Waals surface area contributed by atoms with E-state index in [0.717, 1.165) is 0 Å². The highest BCUT2D eigenvalue weighted by molar-refractivity contribution is 6.31. The van der Waals surface area contributed by atoms with Gasteiger partial charge in [-0.05, 0) is 48.9 Å². The van der Waals surface area contributed by atoms with Crippen molar-refractivity contribution >= 4 is 40.8 Å². The molecule has 0 unspecified atom stereocenters. The Bertz CT molecular complexity index is 840. The molecule has 0 aliphatic rings. The molecule has 0 saturated heterocycles. The molecule has 0 aromatic heterocycles. The standard InChI is InChI=1S/C19H18ClFN2O4/c1-12-15(20)3-2-4-16(12)23-18(25)11-27-19(26)10-9-17(24)22-14-7-5-13(21)6-8-14/h2-8H,9-11H2,1H3,(H,22,24)(H,23,25). The van der Waals surface area contributed by atoms with Gasteiger partial charge in [-0.1, -0.05) is 17.7 Å². The lowest BCUT2D eigenvalue weighted by molar-refractivity contribution is -0.147. The summed E-state index contributed by atoms with van der Waals surface area (Å²) in [7, 11) is 0. The molecule has 0 radical (unpaired) electrons. The van der Waals surface area contributed by atoms with Gasteiger partial charge in [-0.3, -0.25) is 14.4 Å². The Morgan fingerprint density at radius 3 is 2.41 bits per heavy atom. The maximum absolute atomic E-state index is 12.8. The van der Waals surface area contributed by atoms with E-state index in [2.05, 4.69) is 10.6 Å². The number of carbonyl (C=O) groups is 3. The second-order valence-corrected chi connectivity index (χ2v) is 6.08. The molecule has 0 fully saturated rings. The fraction of sp³-hybridized carbons (Fsp3) is 0.211. The van der Waals surface area contributed by atoms with E-state index < -0.39 is 30.2 Å². The SMILES string of the molecule is Cc1c(Cl)cccc1NC(=O)COC(=O)CCC(=O)Nc1ccc(F)cc1. The van der Waals surface area contributed by atoms with E-state index in [1.165, 1.54) is 24.3 Å². The predicted molar refractivity (Wildman–Crippen MR) is 100 cm³/mol. The zero-order valence-corrected chi connectivity index (χ0v) is 15.3. The summed E-state index contributed by atoms with van der Waals surface area (Å²) in [6.45, 7) is 1.29. The molecular formula is C19H18ClFN2O4. The van der Waals surface area contributed by atoms with Gasteiger partial charge in [-0.25, -0.2) is 4.39 Å². The summed E-state index contributed by atoms with van der Waals surface area (Å²) < 4.78 is 17.6. The van der Waals surface area contributed by atoms with E-state index in [4.69, 9.17) is 16.3 Å². The molecule has 2 amide bonds. The van der Waals surface area contributed by atoms with Crippen LogP contribution in [0.4, 0.5) is 15.8 Å². The highest BCUT2D eigenvalue weighted by atomic mass is 35.5. The first-order chi connectivity index (χ1) is 12.8. The number of anilines is 2. The lowest BCUT2D eigenvalue weighted by Gasteiger charge is -2.10. The zero-order chi connectivity index (χ0) is 19.8. The summed E-state index contributed by atoms with van der Waals surface area (Å²) in [6, 6.07) is 10.3. The summed E-state index contributed by atoms with van der Waals surface area (Å²) in [5.74, 6) is -2.02. The van der Waals surface area contributed by atoms with Gasteiger partial charge in [0.15, 0.2) is 6.61 Å². The molecule has 0 heterocycles. The van der Waals surface area contributed by atoms with Crippen LogP contribution in [0.25, 0.3) is 0 Å².